The lowest BCUT2D eigenvalue weighted by Crippen LogP contribution is -2.22. The van der Waals surface area contributed by atoms with Crippen LogP contribution in [0.15, 0.2) is 49.1 Å². The minimum absolute atomic E-state index is 0.0236. The Morgan fingerprint density at radius 2 is 1.83 bits per heavy atom. The van der Waals surface area contributed by atoms with Crippen LogP contribution in [-0.2, 0) is 12.0 Å². The zero-order chi connectivity index (χ0) is 24.3. The normalized spacial score (nSPS) is 14.6. The van der Waals surface area contributed by atoms with Crippen LogP contribution in [-0.4, -0.2) is 66.2 Å². The molecular weight excluding hydrogens is 440 g/mol. The van der Waals surface area contributed by atoms with Gasteiger partial charge in [0.15, 0.2) is 5.82 Å². The number of likely N-dealkylation sites (tertiary alicyclic amines) is 1. The van der Waals surface area contributed by atoms with Crippen molar-refractivity contribution in [1.29, 1.82) is 0 Å². The van der Waals surface area contributed by atoms with Gasteiger partial charge in [-0.1, -0.05) is 13.8 Å². The highest BCUT2D eigenvalue weighted by Gasteiger charge is 2.20. The van der Waals surface area contributed by atoms with E-state index in [1.54, 1.807) is 6.20 Å². The number of nitrogens with zero attached hydrogens (tertiary/aromatic N) is 7. The molecule has 182 valence electrons. The summed E-state index contributed by atoms with van der Waals surface area (Å²) in [5.41, 5.74) is 4.12. The molecule has 35 heavy (non-hydrogen) atoms. The molecule has 1 saturated heterocycles. The number of pyridine rings is 2. The van der Waals surface area contributed by atoms with Gasteiger partial charge in [-0.25, -0.2) is 4.98 Å². The highest BCUT2D eigenvalue weighted by atomic mass is 16.3. The first kappa shape index (κ1) is 23.3. The number of fused-ring (bicyclic) bond motifs is 1. The summed E-state index contributed by atoms with van der Waals surface area (Å²) in [6.45, 7) is 8.46. The number of aryl methyl sites for hydroxylation is 1. The Morgan fingerprint density at radius 1 is 0.971 bits per heavy atom. The molecule has 0 aromatic carbocycles. The lowest BCUT2D eigenvalue weighted by Gasteiger charge is -2.21. The van der Waals surface area contributed by atoms with Gasteiger partial charge in [0, 0.05) is 35.5 Å². The first-order valence-corrected chi connectivity index (χ1v) is 12.2. The number of hydrogen-bond acceptors (Lipinski definition) is 8. The van der Waals surface area contributed by atoms with Crippen LogP contribution in [0.4, 0.5) is 11.6 Å². The Labute approximate surface area is 205 Å². The van der Waals surface area contributed by atoms with E-state index in [4.69, 9.17) is 4.98 Å². The van der Waals surface area contributed by atoms with Crippen molar-refractivity contribution in [1.82, 2.24) is 34.8 Å². The van der Waals surface area contributed by atoms with E-state index in [0.717, 1.165) is 47.2 Å². The third kappa shape index (κ3) is 5.47. The summed E-state index contributed by atoms with van der Waals surface area (Å²) >= 11 is 0. The maximum atomic E-state index is 9.66. The van der Waals surface area contributed by atoms with Crippen LogP contribution in [0, 0.1) is 0 Å². The van der Waals surface area contributed by atoms with Gasteiger partial charge in [-0.05, 0) is 68.7 Å². The predicted molar refractivity (Wildman–Crippen MR) is 136 cm³/mol. The van der Waals surface area contributed by atoms with Crippen LogP contribution in [0.1, 0.15) is 38.7 Å². The first-order chi connectivity index (χ1) is 17.0. The molecule has 2 N–H and O–H groups in total. The van der Waals surface area contributed by atoms with Crippen molar-refractivity contribution in [2.45, 2.75) is 45.1 Å². The second-order valence-corrected chi connectivity index (χ2v) is 9.85. The van der Waals surface area contributed by atoms with Gasteiger partial charge in [0.25, 0.3) is 0 Å². The van der Waals surface area contributed by atoms with E-state index in [9.17, 15) is 5.11 Å². The SMILES string of the molecule is CC(C)(CO)c1cnnc(Nc2ccc3ncc(-c4cnn(CCCN5CCCC5)c4)cc3n2)c1. The van der Waals surface area contributed by atoms with Gasteiger partial charge in [0.05, 0.1) is 30.0 Å². The second-order valence-electron chi connectivity index (χ2n) is 9.85. The molecule has 0 aliphatic carbocycles. The van der Waals surface area contributed by atoms with Crippen molar-refractivity contribution in [2.75, 3.05) is 31.6 Å². The summed E-state index contributed by atoms with van der Waals surface area (Å²) in [6, 6.07) is 7.74. The Hall–Kier alpha value is -3.43. The molecule has 9 heteroatoms. The molecule has 0 saturated carbocycles. The smallest absolute Gasteiger partial charge is 0.154 e. The van der Waals surface area contributed by atoms with E-state index in [2.05, 4.69) is 36.7 Å². The second kappa shape index (κ2) is 10.1. The van der Waals surface area contributed by atoms with Crippen molar-refractivity contribution in [3.63, 3.8) is 0 Å². The predicted octanol–water partition coefficient (Wildman–Crippen LogP) is 3.78. The highest BCUT2D eigenvalue weighted by molar-refractivity contribution is 5.81. The van der Waals surface area contributed by atoms with Gasteiger partial charge in [-0.15, -0.1) is 5.10 Å². The fourth-order valence-electron chi connectivity index (χ4n) is 4.35. The number of aliphatic hydroxyl groups excluding tert-OH is 1. The van der Waals surface area contributed by atoms with E-state index in [1.807, 2.05) is 55.2 Å². The van der Waals surface area contributed by atoms with Gasteiger partial charge >= 0.3 is 0 Å². The van der Waals surface area contributed by atoms with Crippen LogP contribution in [0.3, 0.4) is 0 Å². The van der Waals surface area contributed by atoms with Crippen molar-refractivity contribution in [3.05, 3.63) is 54.6 Å². The summed E-state index contributed by atoms with van der Waals surface area (Å²) in [4.78, 5) is 11.9. The van der Waals surface area contributed by atoms with E-state index in [-0.39, 0.29) is 6.61 Å². The number of nitrogens with one attached hydrogen (secondary N) is 1. The van der Waals surface area contributed by atoms with Crippen LogP contribution in [0.5, 0.6) is 0 Å². The molecule has 4 aromatic heterocycles. The molecule has 4 aromatic rings. The molecule has 1 aliphatic heterocycles. The fourth-order valence-corrected chi connectivity index (χ4v) is 4.35. The largest absolute Gasteiger partial charge is 0.395 e. The summed E-state index contributed by atoms with van der Waals surface area (Å²) < 4.78 is 2.01. The van der Waals surface area contributed by atoms with Gasteiger partial charge in [0.1, 0.15) is 5.82 Å². The highest BCUT2D eigenvalue weighted by Crippen LogP contribution is 2.26. The Morgan fingerprint density at radius 3 is 2.66 bits per heavy atom. The molecule has 0 unspecified atom stereocenters. The summed E-state index contributed by atoms with van der Waals surface area (Å²) in [6.07, 6.45) is 11.3. The summed E-state index contributed by atoms with van der Waals surface area (Å²) in [7, 11) is 0. The molecule has 0 amide bonds. The minimum Gasteiger partial charge on any atom is -0.395 e. The Balaban J connectivity index is 1.30. The number of rotatable bonds is 9. The van der Waals surface area contributed by atoms with Crippen molar-refractivity contribution >= 4 is 22.7 Å². The molecule has 0 spiro atoms. The molecule has 0 bridgehead atoms. The van der Waals surface area contributed by atoms with Crippen LogP contribution < -0.4 is 5.32 Å². The molecule has 5 rings (SSSR count). The summed E-state index contributed by atoms with van der Waals surface area (Å²) in [5.74, 6) is 1.23. The van der Waals surface area contributed by atoms with Gasteiger partial charge in [0.2, 0.25) is 0 Å². The quantitative estimate of drug-likeness (QED) is 0.379. The topological polar surface area (TPSA) is 105 Å². The molecule has 9 nitrogen and oxygen atoms in total. The van der Waals surface area contributed by atoms with E-state index >= 15 is 0 Å². The number of aromatic nitrogens is 6. The molecule has 0 atom stereocenters. The maximum absolute atomic E-state index is 9.66. The number of anilines is 2. The first-order valence-electron chi connectivity index (χ1n) is 12.2. The standard InChI is InChI=1S/C26H32N8O/c1-26(2,18-35)21-13-25(32-28-16-21)31-24-7-6-22-23(30-24)12-19(14-27-22)20-15-29-34(17-20)11-5-10-33-8-3-4-9-33/h6-7,12-17,35H,3-5,8-11,18H2,1-2H3,(H,30,31,32). The maximum Gasteiger partial charge on any atom is 0.154 e. The summed E-state index contributed by atoms with van der Waals surface area (Å²) in [5, 5.41) is 25.7. The lowest BCUT2D eigenvalue weighted by molar-refractivity contribution is 0.218. The van der Waals surface area contributed by atoms with Crippen LogP contribution in [0.2, 0.25) is 0 Å². The monoisotopic (exact) mass is 472 g/mol. The Kier molecular flexibility index (Phi) is 6.70. The van der Waals surface area contributed by atoms with E-state index in [1.165, 1.54) is 25.9 Å². The van der Waals surface area contributed by atoms with E-state index in [0.29, 0.717) is 11.6 Å². The van der Waals surface area contributed by atoms with Gasteiger partial charge < -0.3 is 15.3 Å². The number of hydrogen-bond donors (Lipinski definition) is 2. The fraction of sp³-hybridized carbons (Fsp3) is 0.423. The zero-order valence-electron chi connectivity index (χ0n) is 20.4. The van der Waals surface area contributed by atoms with Crippen molar-refractivity contribution < 1.29 is 5.11 Å². The average Bonchev–Trinajstić information content (AvgIpc) is 3.56. The molecular formula is C26H32N8O. The van der Waals surface area contributed by atoms with Crippen molar-refractivity contribution in [3.8, 4) is 11.1 Å². The third-order valence-electron chi connectivity index (χ3n) is 6.65. The van der Waals surface area contributed by atoms with E-state index < -0.39 is 5.41 Å². The molecule has 0 radical (unpaired) electrons. The minimum atomic E-state index is -0.402. The number of aliphatic hydroxyl groups is 1. The van der Waals surface area contributed by atoms with Crippen LogP contribution in [0.25, 0.3) is 22.2 Å². The van der Waals surface area contributed by atoms with Crippen molar-refractivity contribution in [2.24, 2.45) is 0 Å². The van der Waals surface area contributed by atoms with Gasteiger partial charge in [-0.2, -0.15) is 10.2 Å². The zero-order valence-corrected chi connectivity index (χ0v) is 20.4. The lowest BCUT2D eigenvalue weighted by atomic mass is 9.87. The Bertz CT molecular complexity index is 1300. The van der Waals surface area contributed by atoms with Gasteiger partial charge in [-0.3, -0.25) is 9.67 Å². The molecule has 5 heterocycles. The van der Waals surface area contributed by atoms with Crippen LogP contribution >= 0.6 is 0 Å². The molecule has 1 aliphatic rings. The molecule has 1 fully saturated rings. The third-order valence-corrected chi connectivity index (χ3v) is 6.65. The average molecular weight is 473 g/mol.